The molecule has 1 saturated heterocycles. The summed E-state index contributed by atoms with van der Waals surface area (Å²) in [5, 5.41) is 9.85. The van der Waals surface area contributed by atoms with Crippen LogP contribution in [0.4, 0.5) is 8.78 Å². The number of carbonyl (C=O) groups is 1. The lowest BCUT2D eigenvalue weighted by atomic mass is 9.66. The third-order valence-corrected chi connectivity index (χ3v) is 6.90. The predicted molar refractivity (Wildman–Crippen MR) is 104 cm³/mol. The average Bonchev–Trinajstić information content (AvgIpc) is 2.64. The van der Waals surface area contributed by atoms with Gasteiger partial charge >= 0.3 is 0 Å². The molecule has 1 spiro atoms. The van der Waals surface area contributed by atoms with Crippen molar-refractivity contribution in [2.24, 2.45) is 11.3 Å². The summed E-state index contributed by atoms with van der Waals surface area (Å²) in [5.74, 6) is 0.206. The second kappa shape index (κ2) is 7.49. The molecule has 3 aliphatic rings. The molecule has 0 aromatic carbocycles. The van der Waals surface area contributed by atoms with Gasteiger partial charge in [-0.05, 0) is 64.0 Å². The number of carbonyl (C=O) groups excluding carboxylic acids is 1. The Labute approximate surface area is 170 Å². The monoisotopic (exact) mass is 408 g/mol. The van der Waals surface area contributed by atoms with E-state index in [0.717, 1.165) is 44.5 Å². The van der Waals surface area contributed by atoms with E-state index in [2.05, 4.69) is 4.98 Å². The Morgan fingerprint density at radius 3 is 2.52 bits per heavy atom. The van der Waals surface area contributed by atoms with Crippen LogP contribution in [0.1, 0.15) is 70.1 Å². The van der Waals surface area contributed by atoms with Crippen LogP contribution in [-0.2, 0) is 11.2 Å². The number of hydrogen-bond acceptors (Lipinski definition) is 4. The van der Waals surface area contributed by atoms with Crippen LogP contribution in [0.15, 0.2) is 12.1 Å². The van der Waals surface area contributed by atoms with Gasteiger partial charge in [0.1, 0.15) is 6.10 Å². The molecule has 3 fully saturated rings. The number of alkyl halides is 2. The normalized spacial score (nSPS) is 28.9. The fraction of sp³-hybridized carbons (Fsp3) is 0.727. The van der Waals surface area contributed by atoms with E-state index >= 15 is 0 Å². The zero-order valence-corrected chi connectivity index (χ0v) is 17.2. The molecule has 0 unspecified atom stereocenters. The van der Waals surface area contributed by atoms with E-state index in [1.165, 1.54) is 6.07 Å². The molecule has 160 valence electrons. The molecule has 1 aromatic heterocycles. The highest BCUT2D eigenvalue weighted by molar-refractivity contribution is 5.81. The fourth-order valence-electron chi connectivity index (χ4n) is 5.10. The number of amides is 1. The highest BCUT2D eigenvalue weighted by atomic mass is 19.3. The topological polar surface area (TPSA) is 62.7 Å². The van der Waals surface area contributed by atoms with Gasteiger partial charge in [-0.1, -0.05) is 6.92 Å². The van der Waals surface area contributed by atoms with Gasteiger partial charge < -0.3 is 14.7 Å². The minimum Gasteiger partial charge on any atom is -0.474 e. The van der Waals surface area contributed by atoms with E-state index in [1.807, 2.05) is 11.8 Å². The van der Waals surface area contributed by atoms with Gasteiger partial charge in [-0.25, -0.2) is 13.8 Å². The number of aromatic nitrogens is 1. The molecule has 2 saturated carbocycles. The summed E-state index contributed by atoms with van der Waals surface area (Å²) in [5.41, 5.74) is 0.0731. The minimum atomic E-state index is -2.60. The van der Waals surface area contributed by atoms with Gasteiger partial charge in [0.25, 0.3) is 6.43 Å². The molecule has 4 rings (SSSR count). The first-order valence-corrected chi connectivity index (χ1v) is 10.7. The molecule has 5 nitrogen and oxygen atoms in total. The zero-order valence-electron chi connectivity index (χ0n) is 17.2. The van der Waals surface area contributed by atoms with Crippen LogP contribution in [0.5, 0.6) is 5.88 Å². The Bertz CT molecular complexity index is 759. The van der Waals surface area contributed by atoms with Gasteiger partial charge in [-0.2, -0.15) is 0 Å². The van der Waals surface area contributed by atoms with Crippen LogP contribution in [0.3, 0.4) is 0 Å². The van der Waals surface area contributed by atoms with Crippen LogP contribution in [0, 0.1) is 11.3 Å². The number of rotatable bonds is 5. The molecule has 0 atom stereocenters. The van der Waals surface area contributed by atoms with Crippen LogP contribution in [-0.4, -0.2) is 45.7 Å². The summed E-state index contributed by atoms with van der Waals surface area (Å²) < 4.78 is 32.5. The van der Waals surface area contributed by atoms with Crippen LogP contribution in [0.25, 0.3) is 0 Å². The molecule has 29 heavy (non-hydrogen) atoms. The molecule has 2 aliphatic carbocycles. The SMILES string of the molecule is CCc1ccc(C(F)F)c(OC2CCC3(CC2)CN(C(=O)C2CC(C)(O)C2)C3)n1. The predicted octanol–water partition coefficient (Wildman–Crippen LogP) is 3.89. The van der Waals surface area contributed by atoms with Crippen LogP contribution < -0.4 is 4.74 Å². The van der Waals surface area contributed by atoms with Crippen LogP contribution in [0.2, 0.25) is 0 Å². The molecule has 7 heteroatoms. The summed E-state index contributed by atoms with van der Waals surface area (Å²) in [6.45, 7) is 5.25. The zero-order chi connectivity index (χ0) is 20.8. The van der Waals surface area contributed by atoms with E-state index in [-0.39, 0.29) is 34.8 Å². The van der Waals surface area contributed by atoms with Crippen LogP contribution >= 0.6 is 0 Å². The van der Waals surface area contributed by atoms with Crippen molar-refractivity contribution in [3.05, 3.63) is 23.4 Å². The smallest absolute Gasteiger partial charge is 0.269 e. The number of likely N-dealkylation sites (tertiary alicyclic amines) is 1. The van der Waals surface area contributed by atoms with E-state index in [1.54, 1.807) is 13.0 Å². The average molecular weight is 408 g/mol. The molecule has 1 aliphatic heterocycles. The first kappa shape index (κ1) is 20.5. The van der Waals surface area contributed by atoms with Crippen molar-refractivity contribution in [3.63, 3.8) is 0 Å². The lowest BCUT2D eigenvalue weighted by Crippen LogP contribution is -2.63. The van der Waals surface area contributed by atoms with Crippen molar-refractivity contribution in [1.82, 2.24) is 9.88 Å². The second-order valence-corrected chi connectivity index (χ2v) is 9.46. The van der Waals surface area contributed by atoms with Crippen molar-refractivity contribution in [2.45, 2.75) is 76.9 Å². The summed E-state index contributed by atoms with van der Waals surface area (Å²) in [6, 6.07) is 3.05. The Kier molecular flexibility index (Phi) is 5.30. The molecule has 1 N–H and O–H groups in total. The number of aliphatic hydroxyl groups is 1. The lowest BCUT2D eigenvalue weighted by Gasteiger charge is -2.55. The van der Waals surface area contributed by atoms with Crippen molar-refractivity contribution in [1.29, 1.82) is 0 Å². The number of aryl methyl sites for hydroxylation is 1. The van der Waals surface area contributed by atoms with Gasteiger partial charge in [0.2, 0.25) is 11.8 Å². The molecule has 1 aromatic rings. The first-order chi connectivity index (χ1) is 13.7. The third-order valence-electron chi connectivity index (χ3n) is 6.90. The maximum Gasteiger partial charge on any atom is 0.269 e. The summed E-state index contributed by atoms with van der Waals surface area (Å²) in [6.07, 6.45) is 2.53. The fourth-order valence-corrected chi connectivity index (χ4v) is 5.10. The maximum absolute atomic E-state index is 13.3. The molecule has 2 heterocycles. The molecule has 1 amide bonds. The van der Waals surface area contributed by atoms with Gasteiger partial charge in [0.05, 0.1) is 11.2 Å². The quantitative estimate of drug-likeness (QED) is 0.803. The van der Waals surface area contributed by atoms with Gasteiger partial charge in [-0.3, -0.25) is 4.79 Å². The minimum absolute atomic E-state index is 0.0355. The number of nitrogens with zero attached hydrogens (tertiary/aromatic N) is 2. The number of pyridine rings is 1. The number of hydrogen-bond donors (Lipinski definition) is 1. The first-order valence-electron chi connectivity index (χ1n) is 10.7. The molecular weight excluding hydrogens is 378 g/mol. The van der Waals surface area contributed by atoms with Gasteiger partial charge in [0.15, 0.2) is 0 Å². The Hall–Kier alpha value is -1.76. The molecular formula is C22H30F2N2O3. The third kappa shape index (κ3) is 4.11. The summed E-state index contributed by atoms with van der Waals surface area (Å²) >= 11 is 0. The van der Waals surface area contributed by atoms with Gasteiger partial charge in [0, 0.05) is 30.1 Å². The van der Waals surface area contributed by atoms with E-state index < -0.39 is 12.0 Å². The maximum atomic E-state index is 13.3. The second-order valence-electron chi connectivity index (χ2n) is 9.46. The Balaban J connectivity index is 1.29. The largest absolute Gasteiger partial charge is 0.474 e. The standard InChI is InChI=1S/C22H30F2N2O3/c1-3-15-4-5-17(18(23)24)19(25-15)29-16-6-8-22(9-7-16)12-26(13-22)20(27)14-10-21(2,28)11-14/h4-5,14,16,18,28H,3,6-13H2,1-2H3. The number of ether oxygens (including phenoxy) is 1. The highest BCUT2D eigenvalue weighted by Crippen LogP contribution is 2.47. The summed E-state index contributed by atoms with van der Waals surface area (Å²) in [4.78, 5) is 18.7. The van der Waals surface area contributed by atoms with E-state index in [0.29, 0.717) is 19.3 Å². The van der Waals surface area contributed by atoms with Gasteiger partial charge in [-0.15, -0.1) is 0 Å². The Morgan fingerprint density at radius 2 is 1.97 bits per heavy atom. The Morgan fingerprint density at radius 1 is 1.31 bits per heavy atom. The van der Waals surface area contributed by atoms with E-state index in [4.69, 9.17) is 4.74 Å². The van der Waals surface area contributed by atoms with Crippen molar-refractivity contribution >= 4 is 5.91 Å². The van der Waals surface area contributed by atoms with E-state index in [9.17, 15) is 18.7 Å². The highest BCUT2D eigenvalue weighted by Gasteiger charge is 2.51. The molecule has 0 bridgehead atoms. The summed E-state index contributed by atoms with van der Waals surface area (Å²) in [7, 11) is 0. The van der Waals surface area contributed by atoms with Crippen molar-refractivity contribution < 1.29 is 23.4 Å². The van der Waals surface area contributed by atoms with Crippen molar-refractivity contribution in [2.75, 3.05) is 13.1 Å². The molecule has 0 radical (unpaired) electrons. The lowest BCUT2D eigenvalue weighted by molar-refractivity contribution is -0.164. The number of halogens is 2. The van der Waals surface area contributed by atoms with Crippen molar-refractivity contribution in [3.8, 4) is 5.88 Å².